The average Bonchev–Trinajstić information content (AvgIpc) is 3.19. The van der Waals surface area contributed by atoms with Crippen molar-refractivity contribution in [3.8, 4) is 11.3 Å². The number of likely N-dealkylation sites (N-methyl/N-ethyl adjacent to an activating group) is 1. The lowest BCUT2D eigenvalue weighted by Gasteiger charge is -2.23. The number of amides is 1. The highest BCUT2D eigenvalue weighted by Gasteiger charge is 2.18. The van der Waals surface area contributed by atoms with Gasteiger partial charge in [0.1, 0.15) is 0 Å². The van der Waals surface area contributed by atoms with E-state index in [0.717, 1.165) is 28.2 Å². The van der Waals surface area contributed by atoms with Gasteiger partial charge in [-0.05, 0) is 45.0 Å². The van der Waals surface area contributed by atoms with Crippen LogP contribution in [-0.2, 0) is 6.54 Å². The van der Waals surface area contributed by atoms with Gasteiger partial charge in [0, 0.05) is 37.6 Å². The zero-order chi connectivity index (χ0) is 20.8. The van der Waals surface area contributed by atoms with Crippen LogP contribution in [0.15, 0.2) is 48.8 Å². The summed E-state index contributed by atoms with van der Waals surface area (Å²) in [5, 5.41) is 4.44. The lowest BCUT2D eigenvalue weighted by Crippen LogP contribution is -2.34. The van der Waals surface area contributed by atoms with Gasteiger partial charge < -0.3 is 10.3 Å². The normalized spacial score (nSPS) is 10.8. The van der Waals surface area contributed by atoms with Gasteiger partial charge in [-0.15, -0.1) is 0 Å². The first kappa shape index (κ1) is 20.5. The van der Waals surface area contributed by atoms with E-state index in [0.29, 0.717) is 25.2 Å². The molecule has 0 aliphatic heterocycles. The Balaban J connectivity index is 1.71. The molecule has 29 heavy (non-hydrogen) atoms. The Morgan fingerprint density at radius 3 is 2.76 bits per heavy atom. The number of hydrogen-bond acceptors (Lipinski definition) is 5. The number of carbonyl (C=O) groups excluding carboxylic acids is 1. The van der Waals surface area contributed by atoms with E-state index < -0.39 is 0 Å². The number of hydrazine groups is 1. The van der Waals surface area contributed by atoms with Crippen molar-refractivity contribution in [3.05, 3.63) is 65.6 Å². The quantitative estimate of drug-likeness (QED) is 0.576. The first-order chi connectivity index (χ1) is 14.0. The van der Waals surface area contributed by atoms with Crippen LogP contribution >= 0.6 is 0 Å². The van der Waals surface area contributed by atoms with Crippen LogP contribution in [0.3, 0.4) is 0 Å². The number of pyridine rings is 1. The molecule has 152 valence electrons. The van der Waals surface area contributed by atoms with Gasteiger partial charge in [-0.2, -0.15) is 5.10 Å². The van der Waals surface area contributed by atoms with Gasteiger partial charge in [0.25, 0.3) is 5.91 Å². The van der Waals surface area contributed by atoms with E-state index >= 15 is 0 Å². The molecule has 2 heterocycles. The predicted molar refractivity (Wildman–Crippen MR) is 116 cm³/mol. The minimum atomic E-state index is 0.00156. The summed E-state index contributed by atoms with van der Waals surface area (Å²) in [7, 11) is 1.78. The number of aryl methyl sites for hydroxylation is 2. The summed E-state index contributed by atoms with van der Waals surface area (Å²) in [6, 6.07) is 11.8. The molecule has 7 nitrogen and oxygen atoms in total. The van der Waals surface area contributed by atoms with Crippen LogP contribution in [0.2, 0.25) is 0 Å². The number of anilines is 1. The molecule has 2 aromatic heterocycles. The highest BCUT2D eigenvalue weighted by Crippen LogP contribution is 2.19. The highest BCUT2D eigenvalue weighted by atomic mass is 16.2. The Kier molecular flexibility index (Phi) is 6.61. The monoisotopic (exact) mass is 392 g/mol. The van der Waals surface area contributed by atoms with E-state index in [1.54, 1.807) is 7.05 Å². The van der Waals surface area contributed by atoms with Crippen LogP contribution in [0.5, 0.6) is 0 Å². The molecular weight excluding hydrogens is 364 g/mol. The number of carbonyl (C=O) groups is 1. The summed E-state index contributed by atoms with van der Waals surface area (Å²) in [6.45, 7) is 7.77. The molecule has 3 rings (SSSR count). The first-order valence-corrected chi connectivity index (χ1v) is 9.81. The molecule has 0 bridgehead atoms. The number of nitrogens with zero attached hydrogens (tertiary/aromatic N) is 4. The summed E-state index contributed by atoms with van der Waals surface area (Å²) in [4.78, 5) is 19.5. The van der Waals surface area contributed by atoms with Gasteiger partial charge in [0.2, 0.25) is 0 Å². The lowest BCUT2D eigenvalue weighted by atomic mass is 10.1. The van der Waals surface area contributed by atoms with Crippen molar-refractivity contribution >= 4 is 11.6 Å². The Morgan fingerprint density at radius 2 is 2.03 bits per heavy atom. The van der Waals surface area contributed by atoms with Gasteiger partial charge >= 0.3 is 0 Å². The van der Waals surface area contributed by atoms with Crippen LogP contribution in [0.25, 0.3) is 11.3 Å². The first-order valence-electron chi connectivity index (χ1n) is 9.81. The highest BCUT2D eigenvalue weighted by molar-refractivity contribution is 5.99. The third-order valence-electron chi connectivity index (χ3n) is 4.75. The topological polar surface area (TPSA) is 75.1 Å². The van der Waals surface area contributed by atoms with Gasteiger partial charge in [-0.25, -0.2) is 5.43 Å². The SMILES string of the molecule is CCN(CCn1cc(-c2cccc(C)n2)cn1)C(=O)c1cc(C)ccc1NNC. The van der Waals surface area contributed by atoms with E-state index in [4.69, 9.17) is 0 Å². The molecule has 0 saturated carbocycles. The van der Waals surface area contributed by atoms with E-state index in [-0.39, 0.29) is 5.91 Å². The minimum absolute atomic E-state index is 0.00156. The Hall–Kier alpha value is -3.19. The molecule has 3 aromatic rings. The molecular formula is C22H28N6O. The molecule has 0 radical (unpaired) electrons. The number of hydrogen-bond donors (Lipinski definition) is 2. The van der Waals surface area contributed by atoms with Crippen LogP contribution < -0.4 is 10.9 Å². The summed E-state index contributed by atoms with van der Waals surface area (Å²) >= 11 is 0. The summed E-state index contributed by atoms with van der Waals surface area (Å²) in [5.41, 5.74) is 11.3. The van der Waals surface area contributed by atoms with Crippen LogP contribution in [0.1, 0.15) is 28.5 Å². The zero-order valence-electron chi connectivity index (χ0n) is 17.4. The Labute approximate surface area is 171 Å². The number of aromatic nitrogens is 3. The third kappa shape index (κ3) is 5.00. The maximum atomic E-state index is 13.1. The fourth-order valence-corrected chi connectivity index (χ4v) is 3.20. The molecule has 0 fully saturated rings. The molecule has 2 N–H and O–H groups in total. The lowest BCUT2D eigenvalue weighted by molar-refractivity contribution is 0.0758. The Bertz CT molecular complexity index is 981. The van der Waals surface area contributed by atoms with Gasteiger partial charge in [0.05, 0.1) is 29.7 Å². The van der Waals surface area contributed by atoms with Crippen molar-refractivity contribution in [2.24, 2.45) is 0 Å². The van der Waals surface area contributed by atoms with Crippen molar-refractivity contribution in [2.75, 3.05) is 25.6 Å². The third-order valence-corrected chi connectivity index (χ3v) is 4.75. The molecule has 7 heteroatoms. The fourth-order valence-electron chi connectivity index (χ4n) is 3.20. The standard InChI is InChI=1S/C22H28N6O/c1-5-27(22(29)19-13-16(2)9-10-21(19)26-23-4)11-12-28-15-18(14-24-28)20-8-6-7-17(3)25-20/h6-10,13-15,23,26H,5,11-12H2,1-4H3. The maximum Gasteiger partial charge on any atom is 0.256 e. The summed E-state index contributed by atoms with van der Waals surface area (Å²) in [5.74, 6) is 0.00156. The molecule has 0 spiro atoms. The van der Waals surface area contributed by atoms with E-state index in [2.05, 4.69) is 20.9 Å². The average molecular weight is 393 g/mol. The van der Waals surface area contributed by atoms with Gasteiger partial charge in [-0.3, -0.25) is 14.5 Å². The van der Waals surface area contributed by atoms with Crippen molar-refractivity contribution in [2.45, 2.75) is 27.3 Å². The molecule has 0 aliphatic rings. The molecule has 1 aromatic carbocycles. The van der Waals surface area contributed by atoms with E-state index in [1.807, 2.05) is 79.1 Å². The van der Waals surface area contributed by atoms with Crippen molar-refractivity contribution in [3.63, 3.8) is 0 Å². The van der Waals surface area contributed by atoms with Gasteiger partial charge in [-0.1, -0.05) is 17.7 Å². The van der Waals surface area contributed by atoms with Crippen molar-refractivity contribution in [1.82, 2.24) is 25.1 Å². The van der Waals surface area contributed by atoms with Crippen molar-refractivity contribution in [1.29, 1.82) is 0 Å². The van der Waals surface area contributed by atoms with Gasteiger partial charge in [0.15, 0.2) is 0 Å². The van der Waals surface area contributed by atoms with Crippen LogP contribution in [0, 0.1) is 13.8 Å². The maximum absolute atomic E-state index is 13.1. The second-order valence-electron chi connectivity index (χ2n) is 6.97. The van der Waals surface area contributed by atoms with E-state index in [9.17, 15) is 4.79 Å². The second-order valence-corrected chi connectivity index (χ2v) is 6.97. The number of benzene rings is 1. The Morgan fingerprint density at radius 1 is 1.21 bits per heavy atom. The van der Waals surface area contributed by atoms with Crippen LogP contribution in [0.4, 0.5) is 5.69 Å². The molecule has 0 unspecified atom stereocenters. The van der Waals surface area contributed by atoms with E-state index in [1.165, 1.54) is 0 Å². The molecule has 1 amide bonds. The predicted octanol–water partition coefficient (Wildman–Crippen LogP) is 3.27. The summed E-state index contributed by atoms with van der Waals surface area (Å²) < 4.78 is 1.86. The molecule has 0 aliphatic carbocycles. The smallest absolute Gasteiger partial charge is 0.256 e. The zero-order valence-corrected chi connectivity index (χ0v) is 17.4. The minimum Gasteiger partial charge on any atom is -0.337 e. The molecule has 0 atom stereocenters. The number of rotatable bonds is 8. The second kappa shape index (κ2) is 9.34. The van der Waals surface area contributed by atoms with Crippen LogP contribution in [-0.4, -0.2) is 45.7 Å². The fraction of sp³-hybridized carbons (Fsp3) is 0.318. The number of nitrogens with one attached hydrogen (secondary N) is 2. The molecule has 0 saturated heterocycles. The largest absolute Gasteiger partial charge is 0.337 e. The summed E-state index contributed by atoms with van der Waals surface area (Å²) in [6.07, 6.45) is 3.79. The van der Waals surface area contributed by atoms with Crippen molar-refractivity contribution < 1.29 is 4.79 Å².